The first-order chi connectivity index (χ1) is 8.58. The lowest BCUT2D eigenvalue weighted by molar-refractivity contribution is 0.0956. The van der Waals surface area contributed by atoms with Crippen molar-refractivity contribution in [3.05, 3.63) is 32.4 Å². The average Bonchev–Trinajstić information content (AvgIpc) is 2.37. The number of carbonyl (C=O) groups excluding carboxylic acids is 1. The molecule has 0 N–H and O–H groups in total. The molecule has 3 heteroatoms. The predicted molar refractivity (Wildman–Crippen MR) is 86.4 cm³/mol. The highest BCUT2D eigenvalue weighted by molar-refractivity contribution is 14.1. The number of hydrogen-bond donors (Lipinski definition) is 0. The summed E-state index contributed by atoms with van der Waals surface area (Å²) in [5.41, 5.74) is 0.776. The number of carbonyl (C=O) groups is 1. The lowest BCUT2D eigenvalue weighted by Crippen LogP contribution is -2.09. The molecule has 0 saturated heterocycles. The van der Waals surface area contributed by atoms with Gasteiger partial charge in [0, 0.05) is 20.6 Å². The molecule has 0 amide bonds. The smallest absolute Gasteiger partial charge is 0.164 e. The van der Waals surface area contributed by atoms with Crippen LogP contribution in [0.1, 0.15) is 56.3 Å². The summed E-state index contributed by atoms with van der Waals surface area (Å²) in [4.78, 5) is 12.3. The van der Waals surface area contributed by atoms with Crippen molar-refractivity contribution in [1.82, 2.24) is 0 Å². The van der Waals surface area contributed by atoms with E-state index < -0.39 is 0 Å². The van der Waals surface area contributed by atoms with Crippen molar-refractivity contribution >= 4 is 40.0 Å². The zero-order valence-electron chi connectivity index (χ0n) is 11.0. The molecule has 1 atom stereocenters. The van der Waals surface area contributed by atoms with Crippen LogP contribution in [0.25, 0.3) is 0 Å². The van der Waals surface area contributed by atoms with Crippen LogP contribution in [0.4, 0.5) is 0 Å². The largest absolute Gasteiger partial charge is 0.294 e. The molecule has 100 valence electrons. The van der Waals surface area contributed by atoms with E-state index in [2.05, 4.69) is 36.4 Å². The van der Waals surface area contributed by atoms with Crippen LogP contribution in [-0.2, 0) is 0 Å². The fourth-order valence-electron chi connectivity index (χ4n) is 2.03. The molecule has 18 heavy (non-hydrogen) atoms. The Bertz CT molecular complexity index is 403. The molecule has 0 aromatic heterocycles. The lowest BCUT2D eigenvalue weighted by atomic mass is 9.91. The van der Waals surface area contributed by atoms with Gasteiger partial charge in [-0.25, -0.2) is 0 Å². The van der Waals surface area contributed by atoms with Crippen LogP contribution in [0.2, 0.25) is 5.02 Å². The summed E-state index contributed by atoms with van der Waals surface area (Å²) < 4.78 is 0.993. The van der Waals surface area contributed by atoms with Gasteiger partial charge in [-0.1, -0.05) is 51.1 Å². The summed E-state index contributed by atoms with van der Waals surface area (Å²) in [6.07, 6.45) is 5.27. The molecule has 1 unspecified atom stereocenters. The van der Waals surface area contributed by atoms with E-state index in [4.69, 9.17) is 11.6 Å². The van der Waals surface area contributed by atoms with Crippen LogP contribution in [-0.4, -0.2) is 5.78 Å². The summed E-state index contributed by atoms with van der Waals surface area (Å²) >= 11 is 8.16. The standard InChI is InChI=1S/C15H20ClIO/c1-3-5-6-11(4-2)9-15(18)13-10-12(16)7-8-14(13)17/h7-8,10-11H,3-6,9H2,1-2H3. The molecular weight excluding hydrogens is 359 g/mol. The molecule has 0 bridgehead atoms. The van der Waals surface area contributed by atoms with Crippen molar-refractivity contribution in [3.8, 4) is 0 Å². The second-order valence-corrected chi connectivity index (χ2v) is 6.27. The van der Waals surface area contributed by atoms with Crippen LogP contribution in [0.5, 0.6) is 0 Å². The molecule has 0 aliphatic carbocycles. The van der Waals surface area contributed by atoms with Gasteiger partial charge >= 0.3 is 0 Å². The van der Waals surface area contributed by atoms with Gasteiger partial charge in [0.1, 0.15) is 0 Å². The van der Waals surface area contributed by atoms with Gasteiger partial charge in [-0.2, -0.15) is 0 Å². The van der Waals surface area contributed by atoms with Crippen LogP contribution in [0, 0.1) is 9.49 Å². The highest BCUT2D eigenvalue weighted by Gasteiger charge is 2.16. The van der Waals surface area contributed by atoms with Crippen molar-refractivity contribution in [2.75, 3.05) is 0 Å². The molecule has 0 heterocycles. The highest BCUT2D eigenvalue weighted by atomic mass is 127. The third-order valence-electron chi connectivity index (χ3n) is 3.25. The number of benzene rings is 1. The Morgan fingerprint density at radius 1 is 1.39 bits per heavy atom. The first-order valence-corrected chi connectivity index (χ1v) is 8.02. The van der Waals surface area contributed by atoms with Crippen LogP contribution >= 0.6 is 34.2 Å². The van der Waals surface area contributed by atoms with Gasteiger partial charge in [0.05, 0.1) is 0 Å². The number of Topliss-reactive ketones (excluding diaryl/α,β-unsaturated/α-hetero) is 1. The fourth-order valence-corrected chi connectivity index (χ4v) is 2.84. The molecule has 1 aromatic rings. The van der Waals surface area contributed by atoms with E-state index >= 15 is 0 Å². The minimum Gasteiger partial charge on any atom is -0.294 e. The lowest BCUT2D eigenvalue weighted by Gasteiger charge is -2.14. The minimum atomic E-state index is 0.227. The van der Waals surface area contributed by atoms with Crippen molar-refractivity contribution < 1.29 is 4.79 Å². The zero-order chi connectivity index (χ0) is 13.5. The summed E-state index contributed by atoms with van der Waals surface area (Å²) in [5, 5.41) is 0.639. The number of unbranched alkanes of at least 4 members (excludes halogenated alkanes) is 1. The molecule has 1 rings (SSSR count). The second-order valence-electron chi connectivity index (χ2n) is 4.67. The second kappa shape index (κ2) is 8.16. The summed E-state index contributed by atoms with van der Waals surface area (Å²) in [5.74, 6) is 0.733. The van der Waals surface area contributed by atoms with Crippen LogP contribution in [0.3, 0.4) is 0 Å². The predicted octanol–water partition coefficient (Wildman–Crippen LogP) is 5.73. The number of hydrogen-bond acceptors (Lipinski definition) is 1. The Morgan fingerprint density at radius 3 is 2.72 bits per heavy atom. The van der Waals surface area contributed by atoms with Crippen LogP contribution in [0.15, 0.2) is 18.2 Å². The number of halogens is 2. The minimum absolute atomic E-state index is 0.227. The third-order valence-corrected chi connectivity index (χ3v) is 4.42. The van der Waals surface area contributed by atoms with E-state index in [-0.39, 0.29) is 5.78 Å². The van der Waals surface area contributed by atoms with Gasteiger partial charge in [0.15, 0.2) is 5.78 Å². The average molecular weight is 379 g/mol. The Balaban J connectivity index is 2.71. The summed E-state index contributed by atoms with van der Waals surface area (Å²) in [6.45, 7) is 4.35. The van der Waals surface area contributed by atoms with Crippen molar-refractivity contribution in [2.45, 2.75) is 46.0 Å². The number of rotatable bonds is 7. The Kier molecular flexibility index (Phi) is 7.23. The van der Waals surface area contributed by atoms with E-state index in [1.54, 1.807) is 6.07 Å². The van der Waals surface area contributed by atoms with E-state index in [0.717, 1.165) is 22.0 Å². The normalized spacial score (nSPS) is 12.4. The maximum absolute atomic E-state index is 12.3. The summed E-state index contributed by atoms with van der Waals surface area (Å²) in [6, 6.07) is 5.52. The first kappa shape index (κ1) is 16.0. The van der Waals surface area contributed by atoms with Crippen LogP contribution < -0.4 is 0 Å². The Hall–Kier alpha value is -0.0900. The number of ketones is 1. The van der Waals surface area contributed by atoms with Gasteiger partial charge in [0.2, 0.25) is 0 Å². The van der Waals surface area contributed by atoms with Gasteiger partial charge in [0.25, 0.3) is 0 Å². The Morgan fingerprint density at radius 2 is 2.11 bits per heavy atom. The topological polar surface area (TPSA) is 17.1 Å². The van der Waals surface area contributed by atoms with E-state index in [9.17, 15) is 4.79 Å². The zero-order valence-corrected chi connectivity index (χ0v) is 13.9. The van der Waals surface area contributed by atoms with Gasteiger partial charge in [-0.3, -0.25) is 4.79 Å². The van der Waals surface area contributed by atoms with Gasteiger partial charge in [-0.05, 0) is 46.7 Å². The van der Waals surface area contributed by atoms with Crippen molar-refractivity contribution in [2.24, 2.45) is 5.92 Å². The quantitative estimate of drug-likeness (QED) is 0.437. The molecule has 0 fully saturated rings. The van der Waals surface area contributed by atoms with Gasteiger partial charge < -0.3 is 0 Å². The van der Waals surface area contributed by atoms with E-state index in [1.807, 2.05) is 12.1 Å². The van der Waals surface area contributed by atoms with E-state index in [0.29, 0.717) is 17.4 Å². The maximum Gasteiger partial charge on any atom is 0.164 e. The molecule has 1 aromatic carbocycles. The summed E-state index contributed by atoms with van der Waals surface area (Å²) in [7, 11) is 0. The molecule has 0 spiro atoms. The third kappa shape index (κ3) is 4.88. The SMILES string of the molecule is CCCCC(CC)CC(=O)c1cc(Cl)ccc1I. The van der Waals surface area contributed by atoms with E-state index in [1.165, 1.54) is 12.8 Å². The Labute approximate surface area is 128 Å². The molecule has 0 aliphatic heterocycles. The van der Waals surface area contributed by atoms with Crippen molar-refractivity contribution in [1.29, 1.82) is 0 Å². The van der Waals surface area contributed by atoms with Crippen molar-refractivity contribution in [3.63, 3.8) is 0 Å². The monoisotopic (exact) mass is 378 g/mol. The highest BCUT2D eigenvalue weighted by Crippen LogP contribution is 2.23. The fraction of sp³-hybridized carbons (Fsp3) is 0.533. The molecule has 0 saturated carbocycles. The maximum atomic E-state index is 12.3. The molecule has 1 nitrogen and oxygen atoms in total. The van der Waals surface area contributed by atoms with Gasteiger partial charge in [-0.15, -0.1) is 0 Å². The first-order valence-electron chi connectivity index (χ1n) is 6.56. The molecule has 0 aliphatic rings. The molecule has 0 radical (unpaired) electrons. The molecular formula is C15H20ClIO.